The summed E-state index contributed by atoms with van der Waals surface area (Å²) in [5.41, 5.74) is 6.71. The molecular weight excluding hydrogens is 212 g/mol. The van der Waals surface area contributed by atoms with E-state index < -0.39 is 0 Å². The molecule has 0 spiro atoms. The second kappa shape index (κ2) is 7.85. The average Bonchev–Trinajstić information content (AvgIpc) is 2.34. The molecule has 0 fully saturated rings. The van der Waals surface area contributed by atoms with Crippen molar-refractivity contribution in [2.45, 2.75) is 38.7 Å². The van der Waals surface area contributed by atoms with E-state index in [1.165, 1.54) is 5.56 Å². The first-order valence-electron chi connectivity index (χ1n) is 6.20. The summed E-state index contributed by atoms with van der Waals surface area (Å²) in [6.45, 7) is 2.80. The van der Waals surface area contributed by atoms with Gasteiger partial charge in [-0.2, -0.15) is 0 Å². The van der Waals surface area contributed by atoms with E-state index in [-0.39, 0.29) is 11.9 Å². The first-order valence-corrected chi connectivity index (χ1v) is 6.20. The van der Waals surface area contributed by atoms with Crippen molar-refractivity contribution in [1.82, 2.24) is 0 Å². The van der Waals surface area contributed by atoms with E-state index in [4.69, 9.17) is 15.9 Å². The fraction of sp³-hybridized carbons (Fsp3) is 0.500. The molecular formula is C14H22N2O. The SMILES string of the molecule is CCC(CC(=N)N)OCCCc1ccccc1. The minimum absolute atomic E-state index is 0.100. The molecule has 3 N–H and O–H groups in total. The second-order valence-electron chi connectivity index (χ2n) is 4.22. The summed E-state index contributed by atoms with van der Waals surface area (Å²) in [4.78, 5) is 0. The molecule has 0 heterocycles. The Labute approximate surface area is 103 Å². The molecule has 1 rings (SSSR count). The lowest BCUT2D eigenvalue weighted by molar-refractivity contribution is 0.0540. The predicted octanol–water partition coefficient (Wildman–Crippen LogP) is 2.74. The van der Waals surface area contributed by atoms with Gasteiger partial charge in [-0.3, -0.25) is 5.41 Å². The molecule has 1 aromatic rings. The lowest BCUT2D eigenvalue weighted by Gasteiger charge is -2.15. The Morgan fingerprint density at radius 2 is 2.06 bits per heavy atom. The third kappa shape index (κ3) is 6.07. The van der Waals surface area contributed by atoms with E-state index in [2.05, 4.69) is 31.2 Å². The minimum atomic E-state index is 0.100. The molecule has 0 amide bonds. The van der Waals surface area contributed by atoms with Gasteiger partial charge in [0.2, 0.25) is 0 Å². The Morgan fingerprint density at radius 3 is 2.65 bits per heavy atom. The van der Waals surface area contributed by atoms with Crippen LogP contribution in [-0.4, -0.2) is 18.5 Å². The molecule has 0 bridgehead atoms. The maximum absolute atomic E-state index is 7.24. The lowest BCUT2D eigenvalue weighted by Crippen LogP contribution is -2.22. The maximum atomic E-state index is 7.24. The van der Waals surface area contributed by atoms with E-state index >= 15 is 0 Å². The highest BCUT2D eigenvalue weighted by atomic mass is 16.5. The van der Waals surface area contributed by atoms with Crippen molar-refractivity contribution in [2.75, 3.05) is 6.61 Å². The van der Waals surface area contributed by atoms with Crippen molar-refractivity contribution < 1.29 is 4.74 Å². The molecule has 0 radical (unpaired) electrons. The summed E-state index contributed by atoms with van der Waals surface area (Å²) in [5, 5.41) is 7.24. The van der Waals surface area contributed by atoms with Crippen LogP contribution in [-0.2, 0) is 11.2 Å². The topological polar surface area (TPSA) is 59.1 Å². The quantitative estimate of drug-likeness (QED) is 0.413. The highest BCUT2D eigenvalue weighted by Crippen LogP contribution is 2.06. The van der Waals surface area contributed by atoms with Crippen molar-refractivity contribution in [3.63, 3.8) is 0 Å². The van der Waals surface area contributed by atoms with Crippen molar-refractivity contribution in [3.8, 4) is 0 Å². The van der Waals surface area contributed by atoms with Gasteiger partial charge in [-0.1, -0.05) is 37.3 Å². The predicted molar refractivity (Wildman–Crippen MR) is 71.3 cm³/mol. The van der Waals surface area contributed by atoms with E-state index in [9.17, 15) is 0 Å². The molecule has 1 atom stereocenters. The number of amidine groups is 1. The summed E-state index contributed by atoms with van der Waals surface area (Å²) in [6.07, 6.45) is 3.60. The van der Waals surface area contributed by atoms with Crippen LogP contribution in [0.2, 0.25) is 0 Å². The van der Waals surface area contributed by atoms with Crippen LogP contribution in [0.5, 0.6) is 0 Å². The first kappa shape index (κ1) is 13.7. The normalized spacial score (nSPS) is 12.3. The summed E-state index contributed by atoms with van der Waals surface area (Å²) in [6, 6.07) is 10.4. The third-order valence-corrected chi connectivity index (χ3v) is 2.71. The molecule has 1 aromatic carbocycles. The average molecular weight is 234 g/mol. The number of benzene rings is 1. The molecule has 0 saturated heterocycles. The Balaban J connectivity index is 2.16. The molecule has 0 aromatic heterocycles. The van der Waals surface area contributed by atoms with Gasteiger partial charge in [0, 0.05) is 13.0 Å². The van der Waals surface area contributed by atoms with Gasteiger partial charge in [-0.05, 0) is 24.8 Å². The van der Waals surface area contributed by atoms with Crippen LogP contribution >= 0.6 is 0 Å². The highest BCUT2D eigenvalue weighted by molar-refractivity contribution is 5.77. The zero-order valence-electron chi connectivity index (χ0n) is 10.5. The lowest BCUT2D eigenvalue weighted by atomic mass is 10.1. The number of ether oxygens (including phenoxy) is 1. The van der Waals surface area contributed by atoms with E-state index in [0.29, 0.717) is 6.42 Å². The highest BCUT2D eigenvalue weighted by Gasteiger charge is 2.07. The molecule has 0 aliphatic heterocycles. The van der Waals surface area contributed by atoms with E-state index in [0.717, 1.165) is 25.9 Å². The molecule has 3 heteroatoms. The van der Waals surface area contributed by atoms with Crippen LogP contribution in [0.3, 0.4) is 0 Å². The van der Waals surface area contributed by atoms with Gasteiger partial charge in [0.15, 0.2) is 0 Å². The van der Waals surface area contributed by atoms with Crippen LogP contribution in [0.1, 0.15) is 31.7 Å². The summed E-state index contributed by atoms with van der Waals surface area (Å²) in [5.74, 6) is 0.208. The fourth-order valence-electron chi connectivity index (χ4n) is 1.74. The third-order valence-electron chi connectivity index (χ3n) is 2.71. The zero-order chi connectivity index (χ0) is 12.5. The molecule has 0 saturated carbocycles. The van der Waals surface area contributed by atoms with Gasteiger partial charge < -0.3 is 10.5 Å². The summed E-state index contributed by atoms with van der Waals surface area (Å²) < 4.78 is 5.70. The molecule has 1 unspecified atom stereocenters. The van der Waals surface area contributed by atoms with Gasteiger partial charge in [-0.25, -0.2) is 0 Å². The molecule has 3 nitrogen and oxygen atoms in total. The van der Waals surface area contributed by atoms with Crippen LogP contribution in [0.4, 0.5) is 0 Å². The van der Waals surface area contributed by atoms with Gasteiger partial charge in [-0.15, -0.1) is 0 Å². The number of rotatable bonds is 8. The van der Waals surface area contributed by atoms with Crippen LogP contribution < -0.4 is 5.73 Å². The standard InChI is InChI=1S/C14H22N2O/c1-2-13(11-14(15)16)17-10-6-9-12-7-4-3-5-8-12/h3-5,7-8,13H,2,6,9-11H2,1H3,(H3,15,16). The first-order chi connectivity index (χ1) is 8.22. The van der Waals surface area contributed by atoms with E-state index in [1.54, 1.807) is 0 Å². The van der Waals surface area contributed by atoms with Crippen LogP contribution in [0.15, 0.2) is 30.3 Å². The molecule has 94 valence electrons. The number of aryl methyl sites for hydroxylation is 1. The molecule has 17 heavy (non-hydrogen) atoms. The number of nitrogens with one attached hydrogen (secondary N) is 1. The monoisotopic (exact) mass is 234 g/mol. The Kier molecular flexibility index (Phi) is 6.33. The summed E-state index contributed by atoms with van der Waals surface area (Å²) in [7, 11) is 0. The Bertz CT molecular complexity index is 324. The van der Waals surface area contributed by atoms with Crippen molar-refractivity contribution >= 4 is 5.84 Å². The number of hydrogen-bond donors (Lipinski definition) is 2. The van der Waals surface area contributed by atoms with E-state index in [1.807, 2.05) is 6.07 Å². The van der Waals surface area contributed by atoms with Crippen molar-refractivity contribution in [1.29, 1.82) is 5.41 Å². The Morgan fingerprint density at radius 1 is 1.35 bits per heavy atom. The van der Waals surface area contributed by atoms with Crippen LogP contribution in [0, 0.1) is 5.41 Å². The van der Waals surface area contributed by atoms with Crippen molar-refractivity contribution in [2.24, 2.45) is 5.73 Å². The molecule has 0 aliphatic rings. The van der Waals surface area contributed by atoms with Gasteiger partial charge in [0.25, 0.3) is 0 Å². The smallest absolute Gasteiger partial charge is 0.0931 e. The van der Waals surface area contributed by atoms with Crippen molar-refractivity contribution in [3.05, 3.63) is 35.9 Å². The second-order valence-corrected chi connectivity index (χ2v) is 4.22. The molecule has 0 aliphatic carbocycles. The fourth-order valence-corrected chi connectivity index (χ4v) is 1.74. The van der Waals surface area contributed by atoms with Crippen LogP contribution in [0.25, 0.3) is 0 Å². The van der Waals surface area contributed by atoms with Gasteiger partial charge >= 0.3 is 0 Å². The van der Waals surface area contributed by atoms with Gasteiger partial charge in [0.05, 0.1) is 11.9 Å². The maximum Gasteiger partial charge on any atom is 0.0931 e. The number of hydrogen-bond acceptors (Lipinski definition) is 2. The minimum Gasteiger partial charge on any atom is -0.388 e. The number of nitrogens with two attached hydrogens (primary N) is 1. The Hall–Kier alpha value is -1.35. The van der Waals surface area contributed by atoms with Gasteiger partial charge in [0.1, 0.15) is 0 Å². The zero-order valence-corrected chi connectivity index (χ0v) is 10.5. The largest absolute Gasteiger partial charge is 0.388 e. The summed E-state index contributed by atoms with van der Waals surface area (Å²) >= 11 is 0.